The lowest BCUT2D eigenvalue weighted by atomic mass is 10.2. The van der Waals surface area contributed by atoms with Gasteiger partial charge in [0.05, 0.1) is 17.7 Å². The Bertz CT molecular complexity index is 873. The molecule has 0 spiro atoms. The third kappa shape index (κ3) is 2.88. The highest BCUT2D eigenvalue weighted by molar-refractivity contribution is 6.05. The first-order chi connectivity index (χ1) is 11.1. The van der Waals surface area contributed by atoms with Gasteiger partial charge in [-0.1, -0.05) is 6.07 Å². The molecule has 0 aliphatic rings. The van der Waals surface area contributed by atoms with Crippen molar-refractivity contribution >= 4 is 28.3 Å². The van der Waals surface area contributed by atoms with Crippen molar-refractivity contribution in [3.05, 3.63) is 53.8 Å². The van der Waals surface area contributed by atoms with Crippen LogP contribution in [0.4, 0.5) is 15.8 Å². The maximum atomic E-state index is 14.1. The van der Waals surface area contributed by atoms with Crippen LogP contribution in [0.2, 0.25) is 0 Å². The molecule has 0 saturated heterocycles. The minimum absolute atomic E-state index is 0.00479. The number of nitrogens with zero attached hydrogens (tertiary/aromatic N) is 1. The Kier molecular flexibility index (Phi) is 3.97. The number of nitrogens with one attached hydrogen (secondary N) is 1. The van der Waals surface area contributed by atoms with E-state index in [2.05, 4.69) is 10.3 Å². The highest BCUT2D eigenvalue weighted by atomic mass is 19.1. The first kappa shape index (κ1) is 15.0. The van der Waals surface area contributed by atoms with Crippen molar-refractivity contribution in [2.24, 2.45) is 0 Å². The Morgan fingerprint density at radius 1 is 1.39 bits per heavy atom. The average molecular weight is 314 g/mol. The standard InChI is InChI=1S/C17H15FN2O3/c1-3-22-17(21)16-15(11-9-19-7-6-14(11)23-16)20-13-5-4-10(2)8-12(13)18/h4-9,20H,3H2,1-2H3. The normalized spacial score (nSPS) is 10.7. The lowest BCUT2D eigenvalue weighted by molar-refractivity contribution is 0.0494. The van der Waals surface area contributed by atoms with Gasteiger partial charge in [-0.25, -0.2) is 9.18 Å². The minimum Gasteiger partial charge on any atom is -0.460 e. The van der Waals surface area contributed by atoms with E-state index in [9.17, 15) is 9.18 Å². The summed E-state index contributed by atoms with van der Waals surface area (Å²) in [5.41, 5.74) is 1.86. The topological polar surface area (TPSA) is 64.4 Å². The van der Waals surface area contributed by atoms with E-state index in [1.807, 2.05) is 0 Å². The van der Waals surface area contributed by atoms with Crippen LogP contribution < -0.4 is 5.32 Å². The average Bonchev–Trinajstić information content (AvgIpc) is 2.89. The van der Waals surface area contributed by atoms with Crippen LogP contribution in [-0.2, 0) is 4.74 Å². The van der Waals surface area contributed by atoms with E-state index in [4.69, 9.17) is 9.15 Å². The quantitative estimate of drug-likeness (QED) is 0.731. The first-order valence-electron chi connectivity index (χ1n) is 7.17. The van der Waals surface area contributed by atoms with Crippen molar-refractivity contribution in [2.45, 2.75) is 13.8 Å². The molecule has 3 rings (SSSR count). The number of aromatic nitrogens is 1. The second kappa shape index (κ2) is 6.08. The summed E-state index contributed by atoms with van der Waals surface area (Å²) in [7, 11) is 0. The molecule has 0 bridgehead atoms. The summed E-state index contributed by atoms with van der Waals surface area (Å²) >= 11 is 0. The van der Waals surface area contributed by atoms with E-state index >= 15 is 0 Å². The highest BCUT2D eigenvalue weighted by Gasteiger charge is 2.22. The number of anilines is 2. The fourth-order valence-electron chi connectivity index (χ4n) is 2.26. The molecule has 2 aromatic heterocycles. The zero-order valence-electron chi connectivity index (χ0n) is 12.7. The molecule has 0 amide bonds. The summed E-state index contributed by atoms with van der Waals surface area (Å²) in [5, 5.41) is 3.50. The molecule has 0 aliphatic carbocycles. The number of carbonyl (C=O) groups excluding carboxylic acids is 1. The van der Waals surface area contributed by atoms with E-state index < -0.39 is 11.8 Å². The molecule has 6 heteroatoms. The van der Waals surface area contributed by atoms with Gasteiger partial charge in [0, 0.05) is 12.4 Å². The Morgan fingerprint density at radius 2 is 2.22 bits per heavy atom. The first-order valence-corrected chi connectivity index (χ1v) is 7.17. The van der Waals surface area contributed by atoms with E-state index in [1.54, 1.807) is 44.4 Å². The summed E-state index contributed by atoms with van der Waals surface area (Å²) in [6.45, 7) is 3.72. The molecule has 1 aromatic carbocycles. The van der Waals surface area contributed by atoms with Crippen LogP contribution >= 0.6 is 0 Å². The maximum absolute atomic E-state index is 14.1. The largest absolute Gasteiger partial charge is 0.460 e. The van der Waals surface area contributed by atoms with Crippen LogP contribution in [0.25, 0.3) is 11.0 Å². The molecule has 1 N–H and O–H groups in total. The van der Waals surface area contributed by atoms with Crippen LogP contribution in [0, 0.1) is 12.7 Å². The summed E-state index contributed by atoms with van der Waals surface area (Å²) in [5.74, 6) is -1.04. The molecular weight excluding hydrogens is 299 g/mol. The van der Waals surface area contributed by atoms with Crippen molar-refractivity contribution in [2.75, 3.05) is 11.9 Å². The lowest BCUT2D eigenvalue weighted by Gasteiger charge is -2.08. The summed E-state index contributed by atoms with van der Waals surface area (Å²) in [6.07, 6.45) is 3.10. The third-order valence-corrected chi connectivity index (χ3v) is 3.33. The zero-order chi connectivity index (χ0) is 16.4. The Balaban J connectivity index is 2.10. The molecule has 118 valence electrons. The number of carbonyl (C=O) groups is 1. The Morgan fingerprint density at radius 3 is 2.96 bits per heavy atom. The highest BCUT2D eigenvalue weighted by Crippen LogP contribution is 2.34. The molecule has 23 heavy (non-hydrogen) atoms. The zero-order valence-corrected chi connectivity index (χ0v) is 12.7. The number of rotatable bonds is 4. The van der Waals surface area contributed by atoms with Gasteiger partial charge >= 0.3 is 5.97 Å². The molecule has 0 atom stereocenters. The van der Waals surface area contributed by atoms with Gasteiger partial charge in [-0.15, -0.1) is 0 Å². The summed E-state index contributed by atoms with van der Waals surface area (Å²) in [6, 6.07) is 6.42. The second-order valence-electron chi connectivity index (χ2n) is 5.01. The number of hydrogen-bond donors (Lipinski definition) is 1. The van der Waals surface area contributed by atoms with Crippen molar-refractivity contribution < 1.29 is 18.3 Å². The van der Waals surface area contributed by atoms with Gasteiger partial charge in [0.15, 0.2) is 0 Å². The van der Waals surface area contributed by atoms with E-state index in [0.29, 0.717) is 16.7 Å². The van der Waals surface area contributed by atoms with Gasteiger partial charge in [-0.2, -0.15) is 0 Å². The third-order valence-electron chi connectivity index (χ3n) is 3.33. The number of halogens is 1. The van der Waals surface area contributed by atoms with Gasteiger partial charge in [-0.3, -0.25) is 4.98 Å². The lowest BCUT2D eigenvalue weighted by Crippen LogP contribution is -2.06. The van der Waals surface area contributed by atoms with Gasteiger partial charge in [0.2, 0.25) is 5.76 Å². The van der Waals surface area contributed by atoms with E-state index in [1.165, 1.54) is 6.07 Å². The summed E-state index contributed by atoms with van der Waals surface area (Å²) in [4.78, 5) is 16.1. The minimum atomic E-state index is -0.612. The van der Waals surface area contributed by atoms with Crippen molar-refractivity contribution in [3.63, 3.8) is 0 Å². The smallest absolute Gasteiger partial charge is 0.376 e. The number of fused-ring (bicyclic) bond motifs is 1. The summed E-state index contributed by atoms with van der Waals surface area (Å²) < 4.78 is 24.6. The van der Waals surface area contributed by atoms with E-state index in [0.717, 1.165) is 5.56 Å². The van der Waals surface area contributed by atoms with Crippen molar-refractivity contribution in [1.29, 1.82) is 0 Å². The van der Waals surface area contributed by atoms with Gasteiger partial charge < -0.3 is 14.5 Å². The molecule has 0 saturated carbocycles. The Hall–Kier alpha value is -2.89. The number of hydrogen-bond acceptors (Lipinski definition) is 5. The van der Waals surface area contributed by atoms with Crippen LogP contribution in [0.5, 0.6) is 0 Å². The fourth-order valence-corrected chi connectivity index (χ4v) is 2.26. The predicted octanol–water partition coefficient (Wildman–Crippen LogP) is 4.20. The molecule has 0 radical (unpaired) electrons. The number of pyridine rings is 1. The number of esters is 1. The molecule has 3 aromatic rings. The molecule has 0 unspecified atom stereocenters. The predicted molar refractivity (Wildman–Crippen MR) is 84.4 cm³/mol. The van der Waals surface area contributed by atoms with Crippen LogP contribution in [0.1, 0.15) is 23.0 Å². The van der Waals surface area contributed by atoms with Crippen LogP contribution in [-0.4, -0.2) is 17.6 Å². The molecule has 5 nitrogen and oxygen atoms in total. The van der Waals surface area contributed by atoms with Gasteiger partial charge in [0.1, 0.15) is 17.1 Å². The van der Waals surface area contributed by atoms with Gasteiger partial charge in [0.25, 0.3) is 0 Å². The number of furan rings is 1. The van der Waals surface area contributed by atoms with Crippen LogP contribution in [0.3, 0.4) is 0 Å². The maximum Gasteiger partial charge on any atom is 0.376 e. The number of benzene rings is 1. The number of ether oxygens (including phenoxy) is 1. The number of aryl methyl sites for hydroxylation is 1. The second-order valence-corrected chi connectivity index (χ2v) is 5.01. The monoisotopic (exact) mass is 314 g/mol. The van der Waals surface area contributed by atoms with Crippen LogP contribution in [0.15, 0.2) is 41.1 Å². The van der Waals surface area contributed by atoms with E-state index in [-0.39, 0.29) is 18.1 Å². The SMILES string of the molecule is CCOC(=O)c1oc2ccncc2c1Nc1ccc(C)cc1F. The Labute approximate surface area is 132 Å². The fraction of sp³-hybridized carbons (Fsp3) is 0.176. The van der Waals surface area contributed by atoms with Crippen molar-refractivity contribution in [3.8, 4) is 0 Å². The molecule has 0 fully saturated rings. The van der Waals surface area contributed by atoms with Gasteiger partial charge in [-0.05, 0) is 37.6 Å². The van der Waals surface area contributed by atoms with Crippen molar-refractivity contribution in [1.82, 2.24) is 4.98 Å². The molecule has 2 heterocycles. The molecule has 0 aliphatic heterocycles. The molecular formula is C17H15FN2O3.